The van der Waals surface area contributed by atoms with Crippen LogP contribution >= 0.6 is 0 Å². The number of phenols is 3. The van der Waals surface area contributed by atoms with Crippen molar-refractivity contribution in [2.45, 2.75) is 11.8 Å². The first-order valence-electron chi connectivity index (χ1n) is 7.63. The van der Waals surface area contributed by atoms with E-state index < -0.39 is 0 Å². The van der Waals surface area contributed by atoms with Gasteiger partial charge in [0.05, 0.1) is 0 Å². The second-order valence-electron chi connectivity index (χ2n) is 6.21. The Bertz CT molecular complexity index is 847. The summed E-state index contributed by atoms with van der Waals surface area (Å²) in [7, 11) is 0. The van der Waals surface area contributed by atoms with Crippen LogP contribution in [0.1, 0.15) is 45.2 Å². The first-order chi connectivity index (χ1) is 11.2. The van der Waals surface area contributed by atoms with Gasteiger partial charge in [-0.3, -0.25) is 0 Å². The summed E-state index contributed by atoms with van der Waals surface area (Å²) in [6, 6.07) is 16.6. The number of rotatable bonds is 0. The van der Waals surface area contributed by atoms with Crippen molar-refractivity contribution in [3.05, 3.63) is 88.0 Å². The van der Waals surface area contributed by atoms with E-state index in [1.165, 1.54) is 0 Å². The van der Waals surface area contributed by atoms with Crippen LogP contribution in [0.2, 0.25) is 0 Å². The van der Waals surface area contributed by atoms with E-state index in [2.05, 4.69) is 0 Å². The highest BCUT2D eigenvalue weighted by atomic mass is 16.3. The van der Waals surface area contributed by atoms with Gasteiger partial charge in [0.2, 0.25) is 0 Å². The van der Waals surface area contributed by atoms with E-state index in [9.17, 15) is 15.3 Å². The second-order valence-corrected chi connectivity index (χ2v) is 6.21. The predicted octanol–water partition coefficient (Wildman–Crippen LogP) is 3.79. The molecule has 0 atom stereocenters. The molecule has 3 nitrogen and oxygen atoms in total. The Balaban J connectivity index is 1.97. The Morgan fingerprint density at radius 2 is 0.826 bits per heavy atom. The SMILES string of the molecule is Oc1cccc2c1C1c3c(O)cccc3C2c2cccc(O)c21. The van der Waals surface area contributed by atoms with Crippen LogP contribution in [0.15, 0.2) is 54.6 Å². The van der Waals surface area contributed by atoms with Crippen LogP contribution in [0.4, 0.5) is 0 Å². The van der Waals surface area contributed by atoms with Crippen LogP contribution in [-0.4, -0.2) is 15.3 Å². The van der Waals surface area contributed by atoms with Gasteiger partial charge in [-0.2, -0.15) is 0 Å². The zero-order chi connectivity index (χ0) is 15.7. The number of hydrogen-bond acceptors (Lipinski definition) is 3. The predicted molar refractivity (Wildman–Crippen MR) is 86.2 cm³/mol. The molecular weight excluding hydrogens is 288 g/mol. The molecule has 6 rings (SSSR count). The van der Waals surface area contributed by atoms with Gasteiger partial charge in [-0.25, -0.2) is 0 Å². The van der Waals surface area contributed by atoms with E-state index in [1.54, 1.807) is 18.2 Å². The Labute approximate surface area is 133 Å². The molecule has 0 saturated carbocycles. The summed E-state index contributed by atoms with van der Waals surface area (Å²) in [5.74, 6) is 0.204. The molecule has 23 heavy (non-hydrogen) atoms. The molecule has 3 aromatic carbocycles. The fourth-order valence-corrected chi connectivity index (χ4v) is 4.35. The van der Waals surface area contributed by atoms with Crippen molar-refractivity contribution < 1.29 is 15.3 Å². The largest absolute Gasteiger partial charge is 0.508 e. The van der Waals surface area contributed by atoms with Gasteiger partial charge in [-0.15, -0.1) is 0 Å². The summed E-state index contributed by atoms with van der Waals surface area (Å²) in [4.78, 5) is 0. The van der Waals surface area contributed by atoms with Gasteiger partial charge in [0.25, 0.3) is 0 Å². The zero-order valence-corrected chi connectivity index (χ0v) is 12.2. The van der Waals surface area contributed by atoms with Crippen molar-refractivity contribution in [2.75, 3.05) is 0 Å². The molecule has 0 amide bonds. The maximum absolute atomic E-state index is 10.4. The molecule has 3 heteroatoms. The summed E-state index contributed by atoms with van der Waals surface area (Å²) in [6.45, 7) is 0. The fraction of sp³-hybridized carbons (Fsp3) is 0.100. The minimum absolute atomic E-state index is 0.0775. The third kappa shape index (κ3) is 1.39. The Hall–Kier alpha value is -2.94. The lowest BCUT2D eigenvalue weighted by atomic mass is 9.60. The highest BCUT2D eigenvalue weighted by Gasteiger charge is 2.45. The molecule has 3 aliphatic rings. The summed E-state index contributed by atoms with van der Waals surface area (Å²) >= 11 is 0. The zero-order valence-electron chi connectivity index (χ0n) is 12.2. The van der Waals surface area contributed by atoms with Crippen LogP contribution in [0, 0.1) is 0 Å². The summed E-state index contributed by atoms with van der Waals surface area (Å²) in [5.41, 5.74) is 5.52. The molecule has 0 aliphatic heterocycles. The van der Waals surface area contributed by atoms with Crippen molar-refractivity contribution in [3.63, 3.8) is 0 Å². The maximum atomic E-state index is 10.4. The molecule has 0 fully saturated rings. The van der Waals surface area contributed by atoms with Crippen LogP contribution in [0.3, 0.4) is 0 Å². The molecule has 3 N–H and O–H groups in total. The van der Waals surface area contributed by atoms with Crippen LogP contribution < -0.4 is 0 Å². The fourth-order valence-electron chi connectivity index (χ4n) is 4.35. The Morgan fingerprint density at radius 3 is 1.17 bits per heavy atom. The first-order valence-corrected chi connectivity index (χ1v) is 7.63. The van der Waals surface area contributed by atoms with Gasteiger partial charge < -0.3 is 15.3 Å². The highest BCUT2D eigenvalue weighted by Crippen LogP contribution is 2.60. The molecular formula is C20H14O3. The average Bonchev–Trinajstić information content (AvgIpc) is 2.55. The maximum Gasteiger partial charge on any atom is 0.120 e. The molecule has 0 aromatic heterocycles. The minimum atomic E-state index is -0.344. The van der Waals surface area contributed by atoms with Gasteiger partial charge in [-0.1, -0.05) is 36.4 Å². The van der Waals surface area contributed by atoms with Crippen molar-refractivity contribution >= 4 is 0 Å². The Morgan fingerprint density at radius 1 is 0.478 bits per heavy atom. The van der Waals surface area contributed by atoms with Crippen molar-refractivity contribution in [1.29, 1.82) is 0 Å². The van der Waals surface area contributed by atoms with E-state index >= 15 is 0 Å². The monoisotopic (exact) mass is 302 g/mol. The van der Waals surface area contributed by atoms with E-state index in [0.29, 0.717) is 0 Å². The van der Waals surface area contributed by atoms with Crippen molar-refractivity contribution in [1.82, 2.24) is 0 Å². The van der Waals surface area contributed by atoms with Crippen LogP contribution in [0.25, 0.3) is 0 Å². The van der Waals surface area contributed by atoms with Gasteiger partial charge >= 0.3 is 0 Å². The lowest BCUT2D eigenvalue weighted by Crippen LogP contribution is -2.27. The quantitative estimate of drug-likeness (QED) is 0.408. The summed E-state index contributed by atoms with van der Waals surface area (Å²) in [6.07, 6.45) is 0. The topological polar surface area (TPSA) is 60.7 Å². The minimum Gasteiger partial charge on any atom is -0.508 e. The van der Waals surface area contributed by atoms with Crippen LogP contribution in [-0.2, 0) is 0 Å². The molecule has 0 saturated heterocycles. The number of aromatic hydroxyl groups is 3. The summed E-state index contributed by atoms with van der Waals surface area (Å²) in [5, 5.41) is 31.3. The molecule has 3 aromatic rings. The molecule has 0 radical (unpaired) electrons. The number of hydrogen-bond donors (Lipinski definition) is 3. The number of benzene rings is 3. The molecule has 3 aliphatic carbocycles. The van der Waals surface area contributed by atoms with Crippen molar-refractivity contribution in [2.24, 2.45) is 0 Å². The van der Waals surface area contributed by atoms with Gasteiger partial charge in [0, 0.05) is 28.5 Å². The van der Waals surface area contributed by atoms with E-state index in [-0.39, 0.29) is 29.1 Å². The molecule has 112 valence electrons. The van der Waals surface area contributed by atoms with Crippen molar-refractivity contribution in [3.8, 4) is 17.2 Å². The third-order valence-corrected chi connectivity index (χ3v) is 5.15. The second kappa shape index (κ2) is 4.07. The number of phenolic OH excluding ortho intramolecular Hbond substituents is 3. The first kappa shape index (κ1) is 12.6. The smallest absolute Gasteiger partial charge is 0.120 e. The molecule has 0 heterocycles. The Kier molecular flexibility index (Phi) is 2.23. The molecule has 0 unspecified atom stereocenters. The van der Waals surface area contributed by atoms with E-state index in [0.717, 1.165) is 33.4 Å². The average molecular weight is 302 g/mol. The lowest BCUT2D eigenvalue weighted by molar-refractivity contribution is 0.440. The van der Waals surface area contributed by atoms with Gasteiger partial charge in [0.15, 0.2) is 0 Å². The summed E-state index contributed by atoms with van der Waals surface area (Å²) < 4.78 is 0. The third-order valence-electron chi connectivity index (χ3n) is 5.15. The van der Waals surface area contributed by atoms with Gasteiger partial charge in [0.1, 0.15) is 17.2 Å². The lowest BCUT2D eigenvalue weighted by Gasteiger charge is -2.42. The highest BCUT2D eigenvalue weighted by molar-refractivity contribution is 5.74. The van der Waals surface area contributed by atoms with E-state index in [4.69, 9.17) is 0 Å². The normalized spacial score (nSPS) is 19.8. The van der Waals surface area contributed by atoms with Crippen LogP contribution in [0.5, 0.6) is 17.2 Å². The van der Waals surface area contributed by atoms with E-state index in [1.807, 2.05) is 36.4 Å². The molecule has 2 bridgehead atoms. The van der Waals surface area contributed by atoms with Gasteiger partial charge in [-0.05, 0) is 34.9 Å². The molecule has 0 spiro atoms. The standard InChI is InChI=1S/C20H14O3/c21-13-7-1-4-10-16-11-5-2-8-14(22)18(11)20(17(10)13)19-12(16)6-3-9-15(19)23/h1-9,16,20-23H.